The summed E-state index contributed by atoms with van der Waals surface area (Å²) in [6, 6.07) is 7.24. The highest BCUT2D eigenvalue weighted by Gasteiger charge is 2.10. The molecule has 0 atom stereocenters. The van der Waals surface area contributed by atoms with E-state index < -0.39 is 5.97 Å². The Labute approximate surface area is 92.6 Å². The fourth-order valence-corrected chi connectivity index (χ4v) is 1.50. The van der Waals surface area contributed by atoms with Gasteiger partial charge in [-0.3, -0.25) is 4.98 Å². The molecule has 16 heavy (non-hydrogen) atoms. The molecule has 0 spiro atoms. The lowest BCUT2D eigenvalue weighted by Crippen LogP contribution is -2.05. The fourth-order valence-electron chi connectivity index (χ4n) is 1.50. The molecule has 0 saturated carbocycles. The minimum absolute atomic E-state index is 0.103. The predicted octanol–water partition coefficient (Wildman–Crippen LogP) is 1.77. The van der Waals surface area contributed by atoms with Crippen LogP contribution in [-0.4, -0.2) is 21.0 Å². The van der Waals surface area contributed by atoms with E-state index >= 15 is 0 Å². The first-order chi connectivity index (χ1) is 7.77. The van der Waals surface area contributed by atoms with E-state index in [1.807, 2.05) is 12.1 Å². The fraction of sp³-hybridized carbons (Fsp3) is 0.0833. The van der Waals surface area contributed by atoms with E-state index in [0.29, 0.717) is 12.0 Å². The predicted molar refractivity (Wildman–Crippen MR) is 58.2 cm³/mol. The average molecular weight is 214 g/mol. The zero-order chi connectivity index (χ0) is 11.4. The molecule has 2 aromatic rings. The number of carbonyl (C=O) groups is 1. The van der Waals surface area contributed by atoms with Gasteiger partial charge in [0.15, 0.2) is 5.69 Å². The van der Waals surface area contributed by atoms with E-state index in [0.717, 1.165) is 5.56 Å². The van der Waals surface area contributed by atoms with Gasteiger partial charge in [-0.25, -0.2) is 9.78 Å². The molecule has 80 valence electrons. The van der Waals surface area contributed by atoms with Crippen LogP contribution in [0, 0.1) is 0 Å². The third kappa shape index (κ3) is 2.23. The Morgan fingerprint density at radius 1 is 1.25 bits per heavy atom. The van der Waals surface area contributed by atoms with Gasteiger partial charge >= 0.3 is 5.97 Å². The number of pyridine rings is 2. The van der Waals surface area contributed by atoms with Crippen LogP contribution in [0.2, 0.25) is 0 Å². The van der Waals surface area contributed by atoms with Crippen molar-refractivity contribution in [3.63, 3.8) is 0 Å². The van der Waals surface area contributed by atoms with Gasteiger partial charge in [-0.05, 0) is 23.3 Å². The Morgan fingerprint density at radius 2 is 2.06 bits per heavy atom. The number of carboxylic acid groups (broad SMARTS) is 1. The first-order valence-corrected chi connectivity index (χ1v) is 4.83. The molecule has 0 bridgehead atoms. The van der Waals surface area contributed by atoms with E-state index in [9.17, 15) is 4.79 Å². The lowest BCUT2D eigenvalue weighted by Gasteiger charge is -2.04. The molecule has 2 heterocycles. The summed E-state index contributed by atoms with van der Waals surface area (Å²) in [5.74, 6) is -1.00. The summed E-state index contributed by atoms with van der Waals surface area (Å²) < 4.78 is 0. The van der Waals surface area contributed by atoms with Crippen molar-refractivity contribution < 1.29 is 9.90 Å². The lowest BCUT2D eigenvalue weighted by molar-refractivity contribution is 0.0689. The summed E-state index contributed by atoms with van der Waals surface area (Å²) in [5.41, 5.74) is 1.77. The van der Waals surface area contributed by atoms with Gasteiger partial charge in [0.05, 0.1) is 0 Å². The number of nitrogens with zero attached hydrogens (tertiary/aromatic N) is 2. The minimum Gasteiger partial charge on any atom is -0.477 e. The smallest absolute Gasteiger partial charge is 0.354 e. The average Bonchev–Trinajstić information content (AvgIpc) is 2.31. The summed E-state index contributed by atoms with van der Waals surface area (Å²) in [4.78, 5) is 18.8. The molecule has 0 aliphatic carbocycles. The third-order valence-electron chi connectivity index (χ3n) is 2.21. The Morgan fingerprint density at radius 3 is 2.75 bits per heavy atom. The SMILES string of the molecule is O=C(O)c1ncccc1Cc1cccnc1. The molecule has 0 radical (unpaired) electrons. The zero-order valence-electron chi connectivity index (χ0n) is 8.50. The number of hydrogen-bond donors (Lipinski definition) is 1. The van der Waals surface area contributed by atoms with Crippen molar-refractivity contribution in [1.82, 2.24) is 9.97 Å². The van der Waals surface area contributed by atoms with Crippen molar-refractivity contribution in [2.45, 2.75) is 6.42 Å². The van der Waals surface area contributed by atoms with Crippen LogP contribution in [0.5, 0.6) is 0 Å². The normalized spacial score (nSPS) is 10.0. The molecule has 2 rings (SSSR count). The molecule has 0 unspecified atom stereocenters. The van der Waals surface area contributed by atoms with Crippen molar-refractivity contribution in [2.75, 3.05) is 0 Å². The van der Waals surface area contributed by atoms with Crippen LogP contribution in [0.4, 0.5) is 0 Å². The van der Waals surface area contributed by atoms with Gasteiger partial charge in [0.2, 0.25) is 0 Å². The van der Waals surface area contributed by atoms with Crippen molar-refractivity contribution in [3.8, 4) is 0 Å². The highest BCUT2D eigenvalue weighted by atomic mass is 16.4. The second-order valence-electron chi connectivity index (χ2n) is 3.35. The standard InChI is InChI=1S/C12H10N2O2/c15-12(16)11-10(4-2-6-14-11)7-9-3-1-5-13-8-9/h1-6,8H,7H2,(H,15,16). The Balaban J connectivity index is 2.31. The number of carboxylic acids is 1. The van der Waals surface area contributed by atoms with E-state index in [4.69, 9.17) is 5.11 Å². The van der Waals surface area contributed by atoms with Crippen LogP contribution < -0.4 is 0 Å². The molecular weight excluding hydrogens is 204 g/mol. The number of aromatic carboxylic acids is 1. The van der Waals surface area contributed by atoms with Gasteiger partial charge in [-0.1, -0.05) is 12.1 Å². The van der Waals surface area contributed by atoms with Gasteiger partial charge in [-0.15, -0.1) is 0 Å². The van der Waals surface area contributed by atoms with Gasteiger partial charge in [0, 0.05) is 25.0 Å². The zero-order valence-corrected chi connectivity index (χ0v) is 8.50. The summed E-state index contributed by atoms with van der Waals surface area (Å²) >= 11 is 0. The van der Waals surface area contributed by atoms with Crippen molar-refractivity contribution in [3.05, 3.63) is 59.7 Å². The first-order valence-electron chi connectivity index (χ1n) is 4.83. The van der Waals surface area contributed by atoms with Crippen LogP contribution >= 0.6 is 0 Å². The molecule has 0 saturated heterocycles. The highest BCUT2D eigenvalue weighted by Crippen LogP contribution is 2.11. The number of rotatable bonds is 3. The van der Waals surface area contributed by atoms with Crippen molar-refractivity contribution in [2.24, 2.45) is 0 Å². The molecule has 0 fully saturated rings. The molecule has 0 aliphatic rings. The summed E-state index contributed by atoms with van der Waals surface area (Å²) in [7, 11) is 0. The summed E-state index contributed by atoms with van der Waals surface area (Å²) in [6.45, 7) is 0. The molecule has 0 aliphatic heterocycles. The van der Waals surface area contributed by atoms with Gasteiger partial charge in [-0.2, -0.15) is 0 Å². The van der Waals surface area contributed by atoms with Crippen LogP contribution in [0.25, 0.3) is 0 Å². The molecule has 1 N–H and O–H groups in total. The van der Waals surface area contributed by atoms with Crippen LogP contribution in [0.3, 0.4) is 0 Å². The largest absolute Gasteiger partial charge is 0.477 e. The van der Waals surface area contributed by atoms with Crippen molar-refractivity contribution in [1.29, 1.82) is 0 Å². The highest BCUT2D eigenvalue weighted by molar-refractivity contribution is 5.87. The quantitative estimate of drug-likeness (QED) is 0.845. The van der Waals surface area contributed by atoms with E-state index in [-0.39, 0.29) is 5.69 Å². The second-order valence-corrected chi connectivity index (χ2v) is 3.35. The third-order valence-corrected chi connectivity index (χ3v) is 2.21. The number of hydrogen-bond acceptors (Lipinski definition) is 3. The lowest BCUT2D eigenvalue weighted by atomic mass is 10.1. The molecule has 4 heteroatoms. The second kappa shape index (κ2) is 4.53. The van der Waals surface area contributed by atoms with E-state index in [2.05, 4.69) is 9.97 Å². The maximum absolute atomic E-state index is 10.9. The van der Waals surface area contributed by atoms with Crippen LogP contribution in [-0.2, 0) is 6.42 Å². The van der Waals surface area contributed by atoms with Gasteiger partial charge in [0.25, 0.3) is 0 Å². The Bertz CT molecular complexity index is 497. The van der Waals surface area contributed by atoms with Crippen LogP contribution in [0.1, 0.15) is 21.6 Å². The maximum atomic E-state index is 10.9. The van der Waals surface area contributed by atoms with Gasteiger partial charge < -0.3 is 5.11 Å². The summed E-state index contributed by atoms with van der Waals surface area (Å²) in [5, 5.41) is 8.97. The molecule has 0 amide bonds. The van der Waals surface area contributed by atoms with E-state index in [1.165, 1.54) is 6.20 Å². The first kappa shape index (κ1) is 10.3. The topological polar surface area (TPSA) is 63.1 Å². The Kier molecular flexibility index (Phi) is 2.91. The molecular formula is C12H10N2O2. The minimum atomic E-state index is -1.00. The van der Waals surface area contributed by atoms with Crippen molar-refractivity contribution >= 4 is 5.97 Å². The summed E-state index contributed by atoms with van der Waals surface area (Å²) in [6.07, 6.45) is 5.42. The monoisotopic (exact) mass is 214 g/mol. The molecule has 0 aromatic carbocycles. The van der Waals surface area contributed by atoms with Gasteiger partial charge in [0.1, 0.15) is 0 Å². The Hall–Kier alpha value is -2.23. The van der Waals surface area contributed by atoms with Crippen LogP contribution in [0.15, 0.2) is 42.9 Å². The molecule has 2 aromatic heterocycles. The molecule has 4 nitrogen and oxygen atoms in total. The maximum Gasteiger partial charge on any atom is 0.354 e. The number of aromatic nitrogens is 2. The van der Waals surface area contributed by atoms with E-state index in [1.54, 1.807) is 24.5 Å².